The highest BCUT2D eigenvalue weighted by Gasteiger charge is 2.10. The van der Waals surface area contributed by atoms with Gasteiger partial charge in [-0.25, -0.2) is 0 Å². The van der Waals surface area contributed by atoms with Crippen molar-refractivity contribution in [2.75, 3.05) is 48.4 Å². The Hall–Kier alpha value is -2.44. The van der Waals surface area contributed by atoms with Crippen LogP contribution in [0.25, 0.3) is 11.1 Å². The maximum absolute atomic E-state index is 9.16. The molecule has 0 radical (unpaired) electrons. The molecule has 0 bridgehead atoms. The molecule has 2 rings (SSSR count). The number of rotatable bonds is 6. The van der Waals surface area contributed by atoms with Gasteiger partial charge in [-0.2, -0.15) is 0 Å². The van der Waals surface area contributed by atoms with Crippen molar-refractivity contribution in [3.63, 3.8) is 0 Å². The molecule has 0 aliphatic carbocycles. The summed E-state index contributed by atoms with van der Waals surface area (Å²) in [6, 6.07) is 10.9. The van der Waals surface area contributed by atoms with E-state index in [2.05, 4.69) is 0 Å². The van der Waals surface area contributed by atoms with Crippen LogP contribution in [0, 0.1) is 0 Å². The van der Waals surface area contributed by atoms with Gasteiger partial charge in [-0.1, -0.05) is 0 Å². The number of nitrogens with zero attached hydrogens (tertiary/aromatic N) is 1. The van der Waals surface area contributed by atoms with E-state index in [4.69, 9.17) is 27.4 Å². The molecule has 0 fully saturated rings. The molecule has 0 atom stereocenters. The summed E-state index contributed by atoms with van der Waals surface area (Å²) in [4.78, 5) is 1.89. The molecule has 6 nitrogen and oxygen atoms in total. The number of nitrogen functional groups attached to an aromatic ring is 3. The average molecular weight is 302 g/mol. The van der Waals surface area contributed by atoms with E-state index in [0.717, 1.165) is 16.8 Å². The SMILES string of the molecule is Nc1cc(N)cc(-c2cc(N(CCO)CCO)ccc2N)c1. The summed E-state index contributed by atoms with van der Waals surface area (Å²) in [5.74, 6) is 0. The Morgan fingerprint density at radius 3 is 1.95 bits per heavy atom. The first-order valence-electron chi connectivity index (χ1n) is 7.07. The highest BCUT2D eigenvalue weighted by atomic mass is 16.3. The van der Waals surface area contributed by atoms with Crippen molar-refractivity contribution in [2.45, 2.75) is 0 Å². The Morgan fingerprint density at radius 2 is 1.41 bits per heavy atom. The first kappa shape index (κ1) is 15.9. The molecule has 0 saturated heterocycles. The summed E-state index contributed by atoms with van der Waals surface area (Å²) >= 11 is 0. The molecule has 6 heteroatoms. The highest BCUT2D eigenvalue weighted by Crippen LogP contribution is 2.32. The van der Waals surface area contributed by atoms with Crippen molar-refractivity contribution in [2.24, 2.45) is 0 Å². The number of benzene rings is 2. The Labute approximate surface area is 129 Å². The van der Waals surface area contributed by atoms with Crippen LogP contribution in [-0.2, 0) is 0 Å². The second-order valence-corrected chi connectivity index (χ2v) is 5.09. The molecule has 118 valence electrons. The molecule has 0 unspecified atom stereocenters. The Kier molecular flexibility index (Phi) is 5.08. The normalized spacial score (nSPS) is 10.6. The number of hydrogen-bond donors (Lipinski definition) is 5. The maximum Gasteiger partial charge on any atom is 0.0606 e. The Bertz CT molecular complexity index is 620. The molecular weight excluding hydrogens is 280 g/mol. The quantitative estimate of drug-likeness (QED) is 0.505. The molecule has 0 amide bonds. The van der Waals surface area contributed by atoms with Crippen LogP contribution in [0.3, 0.4) is 0 Å². The fourth-order valence-electron chi connectivity index (χ4n) is 2.43. The minimum absolute atomic E-state index is 0.00490. The topological polar surface area (TPSA) is 122 Å². The largest absolute Gasteiger partial charge is 0.399 e. The fraction of sp³-hybridized carbons (Fsp3) is 0.250. The van der Waals surface area contributed by atoms with Crippen molar-refractivity contribution in [3.8, 4) is 11.1 Å². The van der Waals surface area contributed by atoms with Gasteiger partial charge in [0, 0.05) is 41.4 Å². The lowest BCUT2D eigenvalue weighted by Crippen LogP contribution is -2.29. The summed E-state index contributed by atoms with van der Waals surface area (Å²) in [7, 11) is 0. The van der Waals surface area contributed by atoms with Crippen molar-refractivity contribution < 1.29 is 10.2 Å². The molecule has 0 aromatic heterocycles. The van der Waals surface area contributed by atoms with E-state index < -0.39 is 0 Å². The van der Waals surface area contributed by atoms with E-state index in [9.17, 15) is 0 Å². The molecule has 0 saturated carbocycles. The Balaban J connectivity index is 2.45. The standard InChI is InChI=1S/C16H22N4O2/c17-12-7-11(8-13(18)9-12)15-10-14(1-2-16(15)19)20(3-5-21)4-6-22/h1-2,7-10,21-22H,3-6,17-19H2. The van der Waals surface area contributed by atoms with Crippen LogP contribution in [0.1, 0.15) is 0 Å². The number of hydrogen-bond acceptors (Lipinski definition) is 6. The average Bonchev–Trinajstić information content (AvgIpc) is 2.46. The molecule has 0 heterocycles. The van der Waals surface area contributed by atoms with Gasteiger partial charge in [-0.15, -0.1) is 0 Å². The van der Waals surface area contributed by atoms with E-state index in [1.54, 1.807) is 12.1 Å². The summed E-state index contributed by atoms with van der Waals surface area (Å²) in [6.45, 7) is 0.877. The second kappa shape index (κ2) is 7.02. The lowest BCUT2D eigenvalue weighted by atomic mass is 10.0. The van der Waals surface area contributed by atoms with Crippen LogP contribution in [0.5, 0.6) is 0 Å². The number of aliphatic hydroxyl groups is 2. The number of aliphatic hydroxyl groups excluding tert-OH is 2. The fourth-order valence-corrected chi connectivity index (χ4v) is 2.43. The molecule has 0 spiro atoms. The van der Waals surface area contributed by atoms with Gasteiger partial charge >= 0.3 is 0 Å². The maximum atomic E-state index is 9.16. The van der Waals surface area contributed by atoms with E-state index in [1.807, 2.05) is 29.2 Å². The summed E-state index contributed by atoms with van der Waals surface area (Å²) in [5, 5.41) is 18.3. The van der Waals surface area contributed by atoms with Crippen LogP contribution in [0.15, 0.2) is 36.4 Å². The molecule has 2 aromatic carbocycles. The van der Waals surface area contributed by atoms with Crippen molar-refractivity contribution in [3.05, 3.63) is 36.4 Å². The molecule has 0 aliphatic rings. The van der Waals surface area contributed by atoms with E-state index in [0.29, 0.717) is 30.2 Å². The first-order chi connectivity index (χ1) is 10.5. The van der Waals surface area contributed by atoms with Gasteiger partial charge in [0.2, 0.25) is 0 Å². The lowest BCUT2D eigenvalue weighted by molar-refractivity contribution is 0.281. The van der Waals surface area contributed by atoms with Crippen LogP contribution in [0.2, 0.25) is 0 Å². The predicted molar refractivity (Wildman–Crippen MR) is 91.5 cm³/mol. The van der Waals surface area contributed by atoms with Crippen LogP contribution in [-0.4, -0.2) is 36.5 Å². The van der Waals surface area contributed by atoms with Crippen molar-refractivity contribution in [1.29, 1.82) is 0 Å². The minimum atomic E-state index is 0.00490. The molecule has 0 aliphatic heterocycles. The van der Waals surface area contributed by atoms with Crippen LogP contribution >= 0.6 is 0 Å². The monoisotopic (exact) mass is 302 g/mol. The summed E-state index contributed by atoms with van der Waals surface area (Å²) < 4.78 is 0. The van der Waals surface area contributed by atoms with Gasteiger partial charge in [0.25, 0.3) is 0 Å². The van der Waals surface area contributed by atoms with Crippen LogP contribution < -0.4 is 22.1 Å². The first-order valence-corrected chi connectivity index (χ1v) is 7.07. The van der Waals surface area contributed by atoms with Gasteiger partial charge in [-0.05, 0) is 42.0 Å². The lowest BCUT2D eigenvalue weighted by Gasteiger charge is -2.24. The van der Waals surface area contributed by atoms with E-state index >= 15 is 0 Å². The van der Waals surface area contributed by atoms with Crippen molar-refractivity contribution >= 4 is 22.7 Å². The van der Waals surface area contributed by atoms with Gasteiger partial charge < -0.3 is 32.3 Å². The zero-order valence-electron chi connectivity index (χ0n) is 12.4. The minimum Gasteiger partial charge on any atom is -0.399 e. The number of nitrogens with two attached hydrogens (primary N) is 3. The highest BCUT2D eigenvalue weighted by molar-refractivity contribution is 5.83. The second-order valence-electron chi connectivity index (χ2n) is 5.09. The predicted octanol–water partition coefficient (Wildman–Crippen LogP) is 0.891. The third kappa shape index (κ3) is 3.60. The van der Waals surface area contributed by atoms with Gasteiger partial charge in [-0.3, -0.25) is 0 Å². The zero-order valence-corrected chi connectivity index (χ0v) is 12.4. The van der Waals surface area contributed by atoms with Gasteiger partial charge in [0.05, 0.1) is 13.2 Å². The third-order valence-electron chi connectivity index (χ3n) is 3.43. The summed E-state index contributed by atoms with van der Waals surface area (Å²) in [6.07, 6.45) is 0. The zero-order chi connectivity index (χ0) is 16.1. The van der Waals surface area contributed by atoms with E-state index in [1.165, 1.54) is 0 Å². The summed E-state index contributed by atoms with van der Waals surface area (Å²) in [5.41, 5.74) is 22.0. The Morgan fingerprint density at radius 1 is 0.818 bits per heavy atom. The van der Waals surface area contributed by atoms with Crippen molar-refractivity contribution in [1.82, 2.24) is 0 Å². The smallest absolute Gasteiger partial charge is 0.0606 e. The van der Waals surface area contributed by atoms with E-state index in [-0.39, 0.29) is 13.2 Å². The van der Waals surface area contributed by atoms with Gasteiger partial charge in [0.1, 0.15) is 0 Å². The molecular formula is C16H22N4O2. The van der Waals surface area contributed by atoms with Crippen LogP contribution in [0.4, 0.5) is 22.7 Å². The number of anilines is 4. The van der Waals surface area contributed by atoms with Gasteiger partial charge in [0.15, 0.2) is 0 Å². The molecule has 8 N–H and O–H groups in total. The molecule has 2 aromatic rings. The molecule has 22 heavy (non-hydrogen) atoms. The third-order valence-corrected chi connectivity index (χ3v) is 3.43.